The molecule has 0 aliphatic heterocycles. The molecule has 0 bridgehead atoms. The van der Waals surface area contributed by atoms with E-state index < -0.39 is 11.6 Å². The zero-order chi connectivity index (χ0) is 13.9. The van der Waals surface area contributed by atoms with E-state index in [1.54, 1.807) is 18.0 Å². The maximum absolute atomic E-state index is 13.8. The summed E-state index contributed by atoms with van der Waals surface area (Å²) in [6.45, 7) is 6.06. The molecule has 1 rings (SSSR count). The highest BCUT2D eigenvalue weighted by molar-refractivity contribution is 5.52. The second-order valence-electron chi connectivity index (χ2n) is 4.99. The molecule has 1 aromatic rings. The van der Waals surface area contributed by atoms with E-state index in [4.69, 9.17) is 5.26 Å². The first kappa shape index (κ1) is 14.4. The van der Waals surface area contributed by atoms with E-state index in [9.17, 15) is 8.78 Å². The molecule has 1 aromatic carbocycles. The number of anilines is 1. The second kappa shape index (κ2) is 5.81. The van der Waals surface area contributed by atoms with Crippen LogP contribution in [0.1, 0.15) is 32.8 Å². The third-order valence-corrected chi connectivity index (χ3v) is 2.97. The number of hydrogen-bond acceptors (Lipinski definition) is 2. The Balaban J connectivity index is 3.06. The summed E-state index contributed by atoms with van der Waals surface area (Å²) in [5.41, 5.74) is -0.0687. The van der Waals surface area contributed by atoms with E-state index in [-0.39, 0.29) is 17.3 Å². The zero-order valence-corrected chi connectivity index (χ0v) is 11.2. The lowest BCUT2D eigenvalue weighted by atomic mass is 10.0. The van der Waals surface area contributed by atoms with E-state index in [1.165, 1.54) is 0 Å². The summed E-state index contributed by atoms with van der Waals surface area (Å²) in [6.07, 6.45) is 0.843. The van der Waals surface area contributed by atoms with Gasteiger partial charge in [-0.15, -0.1) is 0 Å². The summed E-state index contributed by atoms with van der Waals surface area (Å²) >= 11 is 0. The largest absolute Gasteiger partial charge is 0.367 e. The first-order valence-corrected chi connectivity index (χ1v) is 5.98. The average molecular weight is 252 g/mol. The number of hydrogen-bond donors (Lipinski definition) is 0. The van der Waals surface area contributed by atoms with Crippen LogP contribution in [0.25, 0.3) is 0 Å². The van der Waals surface area contributed by atoms with Crippen LogP contribution in [-0.2, 0) is 0 Å². The Morgan fingerprint density at radius 1 is 1.22 bits per heavy atom. The Morgan fingerprint density at radius 3 is 2.11 bits per heavy atom. The Labute approximate surface area is 107 Å². The summed E-state index contributed by atoms with van der Waals surface area (Å²) in [6, 6.07) is 3.90. The van der Waals surface area contributed by atoms with Gasteiger partial charge in [0, 0.05) is 13.1 Å². The van der Waals surface area contributed by atoms with Crippen molar-refractivity contribution < 1.29 is 8.78 Å². The van der Waals surface area contributed by atoms with Crippen molar-refractivity contribution in [3.63, 3.8) is 0 Å². The lowest BCUT2D eigenvalue weighted by Crippen LogP contribution is -2.31. The number of nitrogens with zero attached hydrogens (tertiary/aromatic N) is 2. The first-order valence-electron chi connectivity index (χ1n) is 5.98. The predicted molar refractivity (Wildman–Crippen MR) is 68.4 cm³/mol. The molecule has 1 unspecified atom stereocenters. The van der Waals surface area contributed by atoms with Gasteiger partial charge in [0.15, 0.2) is 11.6 Å². The molecule has 1 atom stereocenters. The minimum Gasteiger partial charge on any atom is -0.367 e. The molecule has 0 radical (unpaired) electrons. The summed E-state index contributed by atoms with van der Waals surface area (Å²) in [5.74, 6) is -0.929. The van der Waals surface area contributed by atoms with Crippen LogP contribution in [0.5, 0.6) is 0 Å². The lowest BCUT2D eigenvalue weighted by Gasteiger charge is -2.29. The van der Waals surface area contributed by atoms with Crippen molar-refractivity contribution in [1.29, 1.82) is 5.26 Å². The molecule has 0 aliphatic rings. The molecule has 0 fully saturated rings. The highest BCUT2D eigenvalue weighted by Gasteiger charge is 2.20. The van der Waals surface area contributed by atoms with Gasteiger partial charge in [-0.2, -0.15) is 5.26 Å². The van der Waals surface area contributed by atoms with E-state index in [1.807, 2.05) is 6.92 Å². The van der Waals surface area contributed by atoms with Crippen molar-refractivity contribution >= 4 is 5.69 Å². The van der Waals surface area contributed by atoms with Gasteiger partial charge >= 0.3 is 0 Å². The molecule has 0 aromatic heterocycles. The van der Waals surface area contributed by atoms with Crippen LogP contribution >= 0.6 is 0 Å². The topological polar surface area (TPSA) is 27.0 Å². The Hall–Kier alpha value is -1.63. The molecule has 18 heavy (non-hydrogen) atoms. The van der Waals surface area contributed by atoms with Crippen molar-refractivity contribution in [3.05, 3.63) is 29.3 Å². The van der Waals surface area contributed by atoms with Gasteiger partial charge in [0.2, 0.25) is 0 Å². The highest BCUT2D eigenvalue weighted by atomic mass is 19.1. The van der Waals surface area contributed by atoms with Gasteiger partial charge in [-0.25, -0.2) is 8.78 Å². The Kier molecular flexibility index (Phi) is 4.66. The predicted octanol–water partition coefficient (Wildman–Crippen LogP) is 3.71. The van der Waals surface area contributed by atoms with Crippen molar-refractivity contribution in [3.8, 4) is 6.07 Å². The molecular formula is C14H18F2N2. The number of rotatable bonds is 4. The van der Waals surface area contributed by atoms with Crippen LogP contribution < -0.4 is 4.90 Å². The third kappa shape index (κ3) is 3.19. The second-order valence-corrected chi connectivity index (χ2v) is 4.99. The maximum atomic E-state index is 13.8. The van der Waals surface area contributed by atoms with E-state index in [0.29, 0.717) is 5.92 Å². The average Bonchev–Trinajstić information content (AvgIpc) is 2.26. The molecule has 0 amide bonds. The molecule has 0 spiro atoms. The SMILES string of the molecule is CC(C)CC(C)N(C)c1c(F)cc(C#N)cc1F. The minimum atomic E-state index is -0.690. The fourth-order valence-electron chi connectivity index (χ4n) is 2.03. The van der Waals surface area contributed by atoms with Crippen LogP contribution in [0, 0.1) is 28.9 Å². The molecule has 4 heteroatoms. The lowest BCUT2D eigenvalue weighted by molar-refractivity contribution is 0.489. The van der Waals surface area contributed by atoms with Gasteiger partial charge in [-0.3, -0.25) is 0 Å². The molecule has 0 N–H and O–H groups in total. The first-order chi connectivity index (χ1) is 8.36. The molecule has 0 saturated heterocycles. The van der Waals surface area contributed by atoms with Gasteiger partial charge < -0.3 is 4.90 Å². The van der Waals surface area contributed by atoms with Crippen LogP contribution in [-0.4, -0.2) is 13.1 Å². The molecule has 98 valence electrons. The standard InChI is InChI=1S/C14H18F2N2/c1-9(2)5-10(3)18(4)14-12(15)6-11(8-17)7-13(14)16/h6-7,9-10H,5H2,1-4H3. The monoisotopic (exact) mass is 252 g/mol. The van der Waals surface area contributed by atoms with Crippen LogP contribution in [0.15, 0.2) is 12.1 Å². The molecule has 0 saturated carbocycles. The van der Waals surface area contributed by atoms with E-state index in [2.05, 4.69) is 13.8 Å². The zero-order valence-electron chi connectivity index (χ0n) is 11.2. The summed E-state index contributed by atoms with van der Waals surface area (Å²) in [5, 5.41) is 8.65. The van der Waals surface area contributed by atoms with Gasteiger partial charge in [0.25, 0.3) is 0 Å². The smallest absolute Gasteiger partial charge is 0.150 e. The fourth-order valence-corrected chi connectivity index (χ4v) is 2.03. The van der Waals surface area contributed by atoms with Crippen LogP contribution in [0.4, 0.5) is 14.5 Å². The maximum Gasteiger partial charge on any atom is 0.150 e. The minimum absolute atomic E-state index is 0.00124. The fraction of sp³-hybridized carbons (Fsp3) is 0.500. The van der Waals surface area contributed by atoms with Crippen molar-refractivity contribution in [2.24, 2.45) is 5.92 Å². The molecular weight excluding hydrogens is 234 g/mol. The Morgan fingerprint density at radius 2 is 1.72 bits per heavy atom. The number of nitriles is 1. The molecule has 2 nitrogen and oxygen atoms in total. The third-order valence-electron chi connectivity index (χ3n) is 2.97. The van der Waals surface area contributed by atoms with Gasteiger partial charge in [-0.05, 0) is 31.4 Å². The highest BCUT2D eigenvalue weighted by Crippen LogP contribution is 2.26. The van der Waals surface area contributed by atoms with Gasteiger partial charge in [-0.1, -0.05) is 13.8 Å². The number of benzene rings is 1. The van der Waals surface area contributed by atoms with E-state index >= 15 is 0 Å². The quantitative estimate of drug-likeness (QED) is 0.816. The summed E-state index contributed by atoms with van der Waals surface area (Å²) < 4.78 is 27.6. The van der Waals surface area contributed by atoms with Crippen molar-refractivity contribution in [2.45, 2.75) is 33.2 Å². The summed E-state index contributed by atoms with van der Waals surface area (Å²) in [7, 11) is 1.67. The summed E-state index contributed by atoms with van der Waals surface area (Å²) in [4.78, 5) is 1.59. The van der Waals surface area contributed by atoms with Gasteiger partial charge in [0.1, 0.15) is 5.69 Å². The van der Waals surface area contributed by atoms with Crippen molar-refractivity contribution in [2.75, 3.05) is 11.9 Å². The molecule has 0 heterocycles. The van der Waals surface area contributed by atoms with E-state index in [0.717, 1.165) is 18.6 Å². The van der Waals surface area contributed by atoms with Crippen LogP contribution in [0.3, 0.4) is 0 Å². The Bertz CT molecular complexity index is 440. The number of halogens is 2. The van der Waals surface area contributed by atoms with Crippen LogP contribution in [0.2, 0.25) is 0 Å². The van der Waals surface area contributed by atoms with Crippen molar-refractivity contribution in [1.82, 2.24) is 0 Å². The normalized spacial score (nSPS) is 12.3. The van der Waals surface area contributed by atoms with Gasteiger partial charge in [0.05, 0.1) is 11.6 Å². The molecule has 0 aliphatic carbocycles.